The third-order valence-corrected chi connectivity index (χ3v) is 5.12. The lowest BCUT2D eigenvalue weighted by Crippen LogP contribution is -2.55. The molecule has 0 radical (unpaired) electrons. The molecule has 2 unspecified atom stereocenters. The number of carbonyl (C=O) groups excluding carboxylic acids is 2. The molecule has 5 nitrogen and oxygen atoms in total. The Bertz CT molecular complexity index is 478. The molecule has 1 heterocycles. The number of hydrogen-bond donors (Lipinski definition) is 2. The van der Waals surface area contributed by atoms with Crippen LogP contribution in [0.15, 0.2) is 0 Å². The van der Waals surface area contributed by atoms with Crippen molar-refractivity contribution in [2.75, 3.05) is 13.1 Å². The van der Waals surface area contributed by atoms with E-state index in [1.807, 2.05) is 6.92 Å². The molecular formula is C16H27ClF3N3O2. The molecule has 2 atom stereocenters. The number of alkyl halides is 3. The Morgan fingerprint density at radius 3 is 2.32 bits per heavy atom. The van der Waals surface area contributed by atoms with E-state index in [-0.39, 0.29) is 43.4 Å². The summed E-state index contributed by atoms with van der Waals surface area (Å²) in [7, 11) is 0. The van der Waals surface area contributed by atoms with Gasteiger partial charge in [-0.1, -0.05) is 12.8 Å². The van der Waals surface area contributed by atoms with Crippen molar-refractivity contribution in [1.29, 1.82) is 0 Å². The lowest BCUT2D eigenvalue weighted by molar-refractivity contribution is -0.162. The second-order valence-corrected chi connectivity index (χ2v) is 7.26. The quantitative estimate of drug-likeness (QED) is 0.783. The largest absolute Gasteiger partial charge is 0.397 e. The molecule has 2 rings (SSSR count). The van der Waals surface area contributed by atoms with Crippen LogP contribution in [0, 0.1) is 5.92 Å². The molecule has 25 heavy (non-hydrogen) atoms. The molecule has 146 valence electrons. The van der Waals surface area contributed by atoms with Crippen LogP contribution >= 0.6 is 12.4 Å². The summed E-state index contributed by atoms with van der Waals surface area (Å²) in [4.78, 5) is 25.3. The van der Waals surface area contributed by atoms with E-state index in [2.05, 4.69) is 5.32 Å². The van der Waals surface area contributed by atoms with Crippen LogP contribution in [0.25, 0.3) is 0 Å². The smallest absolute Gasteiger partial charge is 0.353 e. The minimum atomic E-state index is -4.48. The highest BCUT2D eigenvalue weighted by Crippen LogP contribution is 2.32. The topological polar surface area (TPSA) is 75.4 Å². The fourth-order valence-electron chi connectivity index (χ4n) is 3.65. The van der Waals surface area contributed by atoms with Crippen molar-refractivity contribution in [3.8, 4) is 0 Å². The monoisotopic (exact) mass is 385 g/mol. The molecule has 0 spiro atoms. The summed E-state index contributed by atoms with van der Waals surface area (Å²) in [5.74, 6) is -1.19. The van der Waals surface area contributed by atoms with Crippen molar-refractivity contribution in [3.63, 3.8) is 0 Å². The maximum absolute atomic E-state index is 12.5. The average Bonchev–Trinajstić information content (AvgIpc) is 2.45. The summed E-state index contributed by atoms with van der Waals surface area (Å²) in [6.45, 7) is 2.38. The van der Waals surface area contributed by atoms with Crippen molar-refractivity contribution in [3.05, 3.63) is 0 Å². The van der Waals surface area contributed by atoms with Crippen molar-refractivity contribution < 1.29 is 22.8 Å². The second-order valence-electron chi connectivity index (χ2n) is 7.26. The molecular weight excluding hydrogens is 359 g/mol. The molecule has 1 aliphatic heterocycles. The molecule has 1 aliphatic carbocycles. The number of nitrogens with zero attached hydrogens (tertiary/aromatic N) is 1. The van der Waals surface area contributed by atoms with Gasteiger partial charge in [0.05, 0.1) is 5.92 Å². The molecule has 2 amide bonds. The number of hydrogen-bond acceptors (Lipinski definition) is 3. The highest BCUT2D eigenvalue weighted by molar-refractivity contribution is 5.85. The van der Waals surface area contributed by atoms with Crippen LogP contribution in [0.4, 0.5) is 13.2 Å². The van der Waals surface area contributed by atoms with Gasteiger partial charge in [0.25, 0.3) is 0 Å². The standard InChI is InChI=1S/C16H26F3N3O2.ClH/c1-15(20)7-3-2-4-12(15)14(24)21-11-5-8-22(9-6-11)13(23)10-16(17,18)19;/h11-12H,2-10,20H2,1H3,(H,21,24);1H. The van der Waals surface area contributed by atoms with Gasteiger partial charge in [-0.15, -0.1) is 12.4 Å². The maximum Gasteiger partial charge on any atom is 0.397 e. The molecule has 9 heteroatoms. The Kier molecular flexibility index (Phi) is 7.55. The van der Waals surface area contributed by atoms with E-state index < -0.39 is 24.0 Å². The summed E-state index contributed by atoms with van der Waals surface area (Å²) in [6, 6.07) is -0.106. The van der Waals surface area contributed by atoms with Gasteiger partial charge in [0.1, 0.15) is 6.42 Å². The van der Waals surface area contributed by atoms with Crippen LogP contribution in [0.5, 0.6) is 0 Å². The van der Waals surface area contributed by atoms with Crippen molar-refractivity contribution in [2.24, 2.45) is 11.7 Å². The first-order valence-electron chi connectivity index (χ1n) is 8.52. The Balaban J connectivity index is 0.00000312. The lowest BCUT2D eigenvalue weighted by Gasteiger charge is -2.39. The SMILES string of the molecule is CC1(N)CCCCC1C(=O)NC1CCN(C(=O)CC(F)(F)F)CC1.Cl. The van der Waals surface area contributed by atoms with Crippen molar-refractivity contribution >= 4 is 24.2 Å². The molecule has 1 saturated carbocycles. The predicted octanol–water partition coefficient (Wildman–Crippen LogP) is 2.38. The Morgan fingerprint density at radius 1 is 1.20 bits per heavy atom. The molecule has 0 bridgehead atoms. The van der Waals surface area contributed by atoms with Gasteiger partial charge in [-0.3, -0.25) is 9.59 Å². The summed E-state index contributed by atoms with van der Waals surface area (Å²) in [5, 5.41) is 2.97. The zero-order chi connectivity index (χ0) is 18.0. The summed E-state index contributed by atoms with van der Waals surface area (Å²) in [5.41, 5.74) is 5.72. The van der Waals surface area contributed by atoms with Gasteiger partial charge >= 0.3 is 6.18 Å². The van der Waals surface area contributed by atoms with E-state index in [4.69, 9.17) is 5.73 Å². The van der Waals surface area contributed by atoms with Gasteiger partial charge in [0.15, 0.2) is 0 Å². The van der Waals surface area contributed by atoms with Gasteiger partial charge in [-0.2, -0.15) is 13.2 Å². The Morgan fingerprint density at radius 2 is 1.80 bits per heavy atom. The lowest BCUT2D eigenvalue weighted by atomic mass is 9.74. The van der Waals surface area contributed by atoms with E-state index in [0.717, 1.165) is 25.7 Å². The summed E-state index contributed by atoms with van der Waals surface area (Å²) >= 11 is 0. The number of nitrogens with two attached hydrogens (primary N) is 1. The number of piperidine rings is 1. The van der Waals surface area contributed by atoms with Crippen LogP contribution in [0.2, 0.25) is 0 Å². The molecule has 1 saturated heterocycles. The minimum absolute atomic E-state index is 0. The maximum atomic E-state index is 12.5. The highest BCUT2D eigenvalue weighted by atomic mass is 35.5. The zero-order valence-corrected chi connectivity index (χ0v) is 15.2. The second kappa shape index (κ2) is 8.58. The van der Waals surface area contributed by atoms with Gasteiger partial charge in [-0.05, 0) is 32.6 Å². The van der Waals surface area contributed by atoms with Gasteiger partial charge in [-0.25, -0.2) is 0 Å². The van der Waals surface area contributed by atoms with Crippen LogP contribution < -0.4 is 11.1 Å². The molecule has 2 fully saturated rings. The number of likely N-dealkylation sites (tertiary alicyclic amines) is 1. The van der Waals surface area contributed by atoms with Crippen LogP contribution in [-0.2, 0) is 9.59 Å². The molecule has 0 aromatic heterocycles. The third kappa shape index (κ3) is 6.33. The Labute approximate surface area is 152 Å². The molecule has 3 N–H and O–H groups in total. The van der Waals surface area contributed by atoms with Crippen LogP contribution in [0.3, 0.4) is 0 Å². The average molecular weight is 386 g/mol. The molecule has 0 aromatic rings. The van der Waals surface area contributed by atoms with Crippen LogP contribution in [0.1, 0.15) is 51.9 Å². The van der Waals surface area contributed by atoms with Gasteiger partial charge in [0, 0.05) is 24.7 Å². The third-order valence-electron chi connectivity index (χ3n) is 5.12. The fourth-order valence-corrected chi connectivity index (χ4v) is 3.65. The number of amides is 2. The van der Waals surface area contributed by atoms with Gasteiger partial charge < -0.3 is 16.0 Å². The van der Waals surface area contributed by atoms with E-state index in [9.17, 15) is 22.8 Å². The first-order valence-corrected chi connectivity index (χ1v) is 8.52. The minimum Gasteiger partial charge on any atom is -0.353 e. The predicted molar refractivity (Wildman–Crippen MR) is 90.2 cm³/mol. The fraction of sp³-hybridized carbons (Fsp3) is 0.875. The highest BCUT2D eigenvalue weighted by Gasteiger charge is 2.39. The van der Waals surface area contributed by atoms with Gasteiger partial charge in [0.2, 0.25) is 11.8 Å². The normalized spacial score (nSPS) is 28.2. The Hall–Kier alpha value is -1.02. The molecule has 2 aliphatic rings. The van der Waals surface area contributed by atoms with E-state index in [1.54, 1.807) is 0 Å². The first kappa shape index (κ1) is 22.0. The zero-order valence-electron chi connectivity index (χ0n) is 14.4. The van der Waals surface area contributed by atoms with Crippen LogP contribution in [-0.4, -0.2) is 47.6 Å². The van der Waals surface area contributed by atoms with Crippen molar-refractivity contribution in [2.45, 2.75) is 69.6 Å². The number of halogens is 4. The van der Waals surface area contributed by atoms with Crippen molar-refractivity contribution in [1.82, 2.24) is 10.2 Å². The van der Waals surface area contributed by atoms with E-state index in [0.29, 0.717) is 12.8 Å². The molecule has 0 aromatic carbocycles. The first-order chi connectivity index (χ1) is 11.1. The van der Waals surface area contributed by atoms with E-state index >= 15 is 0 Å². The summed E-state index contributed by atoms with van der Waals surface area (Å²) < 4.78 is 36.8. The summed E-state index contributed by atoms with van der Waals surface area (Å²) in [6.07, 6.45) is -1.36. The number of carbonyl (C=O) groups is 2. The number of nitrogens with one attached hydrogen (secondary N) is 1. The number of rotatable bonds is 3. The van der Waals surface area contributed by atoms with E-state index in [1.165, 1.54) is 4.90 Å².